The highest BCUT2D eigenvalue weighted by Crippen LogP contribution is 2.33. The minimum atomic E-state index is -0.312. The molecule has 0 saturated carbocycles. The lowest BCUT2D eigenvalue weighted by Gasteiger charge is -2.33. The zero-order valence-electron chi connectivity index (χ0n) is 15.6. The lowest BCUT2D eigenvalue weighted by Crippen LogP contribution is -2.40. The molecule has 1 atom stereocenters. The van der Waals surface area contributed by atoms with Crippen molar-refractivity contribution in [3.8, 4) is 0 Å². The predicted molar refractivity (Wildman–Crippen MR) is 110 cm³/mol. The molecule has 3 heterocycles. The summed E-state index contributed by atoms with van der Waals surface area (Å²) < 4.78 is 5.79. The van der Waals surface area contributed by atoms with Gasteiger partial charge in [0.05, 0.1) is 0 Å². The highest BCUT2D eigenvalue weighted by Gasteiger charge is 2.29. The van der Waals surface area contributed by atoms with Gasteiger partial charge in [-0.2, -0.15) is 4.98 Å². The number of hydrogen-bond donors (Lipinski definition) is 0. The minimum absolute atomic E-state index is 0.251. The fraction of sp³-hybridized carbons (Fsp3) is 0.421. The summed E-state index contributed by atoms with van der Waals surface area (Å²) in [6.45, 7) is 6.04. The van der Waals surface area contributed by atoms with E-state index in [1.54, 1.807) is 7.05 Å². The molecule has 4 rings (SSSR count). The highest BCUT2D eigenvalue weighted by atomic mass is 79.9. The number of aryl methyl sites for hydroxylation is 1. The molecule has 0 aliphatic carbocycles. The second-order valence-corrected chi connectivity index (χ2v) is 8.10. The Bertz CT molecular complexity index is 1130. The molecule has 27 heavy (non-hydrogen) atoms. The van der Waals surface area contributed by atoms with Crippen LogP contribution in [0.3, 0.4) is 0 Å². The van der Waals surface area contributed by atoms with Gasteiger partial charge in [-0.1, -0.05) is 29.8 Å². The topological polar surface area (TPSA) is 65.1 Å². The summed E-state index contributed by atoms with van der Waals surface area (Å²) in [5, 5.41) is 0. The first kappa shape index (κ1) is 18.0. The molecule has 142 valence electrons. The number of aromatic nitrogens is 4. The van der Waals surface area contributed by atoms with Crippen LogP contribution in [0.1, 0.15) is 20.3 Å². The smallest absolute Gasteiger partial charge is 0.312 e. The molecule has 0 saturated heterocycles. The zero-order valence-corrected chi connectivity index (χ0v) is 17.2. The van der Waals surface area contributed by atoms with Gasteiger partial charge in [0.1, 0.15) is 0 Å². The molecule has 1 aromatic carbocycles. The molecule has 1 unspecified atom stereocenters. The minimum Gasteiger partial charge on any atom is -0.312 e. The summed E-state index contributed by atoms with van der Waals surface area (Å²) in [5.74, 6) is 1.06. The van der Waals surface area contributed by atoms with E-state index in [-0.39, 0.29) is 11.2 Å². The van der Waals surface area contributed by atoms with Gasteiger partial charge in [0.2, 0.25) is 5.95 Å². The Labute approximate surface area is 165 Å². The average molecular weight is 432 g/mol. The molecule has 7 nitrogen and oxygen atoms in total. The normalized spacial score (nSPS) is 16.7. The molecule has 1 aliphatic rings. The zero-order chi connectivity index (χ0) is 19.3. The van der Waals surface area contributed by atoms with E-state index in [2.05, 4.69) is 27.8 Å². The molecule has 0 N–H and O–H groups in total. The number of halogens is 1. The van der Waals surface area contributed by atoms with Crippen molar-refractivity contribution in [2.24, 2.45) is 13.0 Å². The third kappa shape index (κ3) is 2.82. The molecule has 0 fully saturated rings. The molecule has 3 aromatic rings. The molecule has 0 spiro atoms. The van der Waals surface area contributed by atoms with Crippen molar-refractivity contribution in [1.29, 1.82) is 0 Å². The number of hydrogen-bond acceptors (Lipinski definition) is 4. The van der Waals surface area contributed by atoms with Crippen LogP contribution in [0.15, 0.2) is 38.3 Å². The number of rotatable bonds is 3. The summed E-state index contributed by atoms with van der Waals surface area (Å²) in [7, 11) is 1.68. The summed E-state index contributed by atoms with van der Waals surface area (Å²) in [4.78, 5) is 32.5. The number of fused-ring (bicyclic) bond motifs is 3. The van der Waals surface area contributed by atoms with Crippen LogP contribution in [0, 0.1) is 5.92 Å². The van der Waals surface area contributed by atoms with Crippen LogP contribution in [-0.2, 0) is 20.1 Å². The monoisotopic (exact) mass is 431 g/mol. The van der Waals surface area contributed by atoms with Crippen molar-refractivity contribution in [3.05, 3.63) is 49.6 Å². The van der Waals surface area contributed by atoms with Crippen molar-refractivity contribution in [2.75, 3.05) is 11.4 Å². The first-order chi connectivity index (χ1) is 12.9. The van der Waals surface area contributed by atoms with E-state index in [1.165, 1.54) is 9.13 Å². The lowest BCUT2D eigenvalue weighted by molar-refractivity contribution is 0.457. The molecular formula is C19H22BrN5O2. The van der Waals surface area contributed by atoms with E-state index < -0.39 is 0 Å². The van der Waals surface area contributed by atoms with Crippen LogP contribution < -0.4 is 16.1 Å². The number of imidazole rings is 1. The van der Waals surface area contributed by atoms with Crippen LogP contribution in [0.25, 0.3) is 11.2 Å². The fourth-order valence-electron chi connectivity index (χ4n) is 3.76. The second-order valence-electron chi connectivity index (χ2n) is 7.19. The second kappa shape index (κ2) is 6.67. The third-order valence-electron chi connectivity index (χ3n) is 5.03. The van der Waals surface area contributed by atoms with E-state index in [9.17, 15) is 9.59 Å². The molecule has 0 radical (unpaired) electrons. The molecule has 0 bridgehead atoms. The van der Waals surface area contributed by atoms with Gasteiger partial charge in [-0.3, -0.25) is 13.9 Å². The Balaban J connectivity index is 2.00. The van der Waals surface area contributed by atoms with Crippen LogP contribution in [0.4, 0.5) is 11.6 Å². The standard InChI is InChI=1S/C19H22BrN5O2/c1-4-9-23-17(26)15-16(22(3)19(23)27)21-18-24(10-12(2)11-25(15)18)14-7-5-13(20)6-8-14/h5-8,12H,4,9-11H2,1-3H3. The Morgan fingerprint density at radius 3 is 2.56 bits per heavy atom. The molecule has 8 heteroatoms. The van der Waals surface area contributed by atoms with Crippen molar-refractivity contribution >= 4 is 38.7 Å². The number of nitrogens with zero attached hydrogens (tertiary/aromatic N) is 5. The van der Waals surface area contributed by atoms with Crippen molar-refractivity contribution < 1.29 is 0 Å². The molecule has 1 aliphatic heterocycles. The van der Waals surface area contributed by atoms with Gasteiger partial charge in [0, 0.05) is 36.8 Å². The molecule has 0 amide bonds. The van der Waals surface area contributed by atoms with Crippen LogP contribution in [0.2, 0.25) is 0 Å². The van der Waals surface area contributed by atoms with Gasteiger partial charge < -0.3 is 9.47 Å². The quantitative estimate of drug-likeness (QED) is 0.639. The van der Waals surface area contributed by atoms with Crippen LogP contribution in [-0.4, -0.2) is 25.2 Å². The van der Waals surface area contributed by atoms with E-state index in [0.717, 1.165) is 23.1 Å². The van der Waals surface area contributed by atoms with Gasteiger partial charge in [-0.25, -0.2) is 4.79 Å². The first-order valence-corrected chi connectivity index (χ1v) is 9.94. The average Bonchev–Trinajstić information content (AvgIpc) is 3.03. The van der Waals surface area contributed by atoms with Crippen molar-refractivity contribution in [1.82, 2.24) is 18.7 Å². The van der Waals surface area contributed by atoms with E-state index in [0.29, 0.717) is 36.1 Å². The van der Waals surface area contributed by atoms with Gasteiger partial charge in [-0.05, 0) is 36.6 Å². The van der Waals surface area contributed by atoms with E-state index >= 15 is 0 Å². The summed E-state index contributed by atoms with van der Waals surface area (Å²) in [6, 6.07) is 8.04. The van der Waals surface area contributed by atoms with Crippen LogP contribution in [0.5, 0.6) is 0 Å². The largest absolute Gasteiger partial charge is 0.332 e. The predicted octanol–water partition coefficient (Wildman–Crippen LogP) is 2.86. The van der Waals surface area contributed by atoms with Gasteiger partial charge >= 0.3 is 5.69 Å². The maximum Gasteiger partial charge on any atom is 0.332 e. The van der Waals surface area contributed by atoms with E-state index in [4.69, 9.17) is 4.98 Å². The molecule has 2 aromatic heterocycles. The number of benzene rings is 1. The SMILES string of the molecule is CCCn1c(=O)c2c(nc3n2CC(C)CN3c2ccc(Br)cc2)n(C)c1=O. The van der Waals surface area contributed by atoms with Gasteiger partial charge in [-0.15, -0.1) is 0 Å². The molecular weight excluding hydrogens is 410 g/mol. The first-order valence-electron chi connectivity index (χ1n) is 9.15. The summed E-state index contributed by atoms with van der Waals surface area (Å²) in [6.07, 6.45) is 0.725. The summed E-state index contributed by atoms with van der Waals surface area (Å²) >= 11 is 3.47. The fourth-order valence-corrected chi connectivity index (χ4v) is 4.03. The van der Waals surface area contributed by atoms with Crippen molar-refractivity contribution in [2.45, 2.75) is 33.4 Å². The van der Waals surface area contributed by atoms with Crippen LogP contribution >= 0.6 is 15.9 Å². The maximum atomic E-state index is 13.1. The van der Waals surface area contributed by atoms with Gasteiger partial charge in [0.25, 0.3) is 5.56 Å². The summed E-state index contributed by atoms with van der Waals surface area (Å²) in [5.41, 5.74) is 1.41. The van der Waals surface area contributed by atoms with Crippen molar-refractivity contribution in [3.63, 3.8) is 0 Å². The maximum absolute atomic E-state index is 13.1. The Morgan fingerprint density at radius 1 is 1.19 bits per heavy atom. The number of anilines is 2. The Hall–Kier alpha value is -2.35. The van der Waals surface area contributed by atoms with E-state index in [1.807, 2.05) is 35.8 Å². The lowest BCUT2D eigenvalue weighted by atomic mass is 10.1. The third-order valence-corrected chi connectivity index (χ3v) is 5.56. The Kier molecular flexibility index (Phi) is 4.46. The Morgan fingerprint density at radius 2 is 1.89 bits per heavy atom. The van der Waals surface area contributed by atoms with Gasteiger partial charge in [0.15, 0.2) is 11.2 Å². The highest BCUT2D eigenvalue weighted by molar-refractivity contribution is 9.10.